The average Bonchev–Trinajstić information content (AvgIpc) is 2.40. The van der Waals surface area contributed by atoms with Crippen molar-refractivity contribution in [2.75, 3.05) is 0 Å². The number of hydrogen-bond acceptors (Lipinski definition) is 0. The molecule has 1 rings (SSSR count). The molecule has 1 fully saturated rings. The second-order valence-electron chi connectivity index (χ2n) is 6.73. The molecule has 0 bridgehead atoms. The van der Waals surface area contributed by atoms with Crippen molar-refractivity contribution in [3.8, 4) is 0 Å². The Morgan fingerprint density at radius 1 is 0.556 bits per heavy atom. The Balaban J connectivity index is 2.38. The first-order valence-electron chi connectivity index (χ1n) is 8.80. The Kier molecular flexibility index (Phi) is 8.80. The molecule has 0 aliphatic heterocycles. The zero-order chi connectivity index (χ0) is 13.2. The molecule has 0 heterocycles. The largest absolute Gasteiger partial charge is 0.0654 e. The van der Waals surface area contributed by atoms with Crippen molar-refractivity contribution in [2.24, 2.45) is 17.8 Å². The third-order valence-electron chi connectivity index (χ3n) is 4.90. The summed E-state index contributed by atoms with van der Waals surface area (Å²) in [6.45, 7) is 7.02. The number of rotatable bonds is 9. The van der Waals surface area contributed by atoms with Crippen molar-refractivity contribution in [1.29, 1.82) is 0 Å². The van der Waals surface area contributed by atoms with Crippen LogP contribution in [0.3, 0.4) is 0 Å². The molecule has 108 valence electrons. The molecule has 0 N–H and O–H groups in total. The van der Waals surface area contributed by atoms with Crippen molar-refractivity contribution in [3.05, 3.63) is 0 Å². The lowest BCUT2D eigenvalue weighted by Crippen LogP contribution is -2.23. The van der Waals surface area contributed by atoms with Crippen LogP contribution >= 0.6 is 0 Å². The molecule has 0 heteroatoms. The van der Waals surface area contributed by atoms with Crippen LogP contribution in [0.4, 0.5) is 0 Å². The molecule has 0 aromatic rings. The van der Waals surface area contributed by atoms with Crippen LogP contribution in [-0.2, 0) is 0 Å². The quantitative estimate of drug-likeness (QED) is 0.434. The highest BCUT2D eigenvalue weighted by Gasteiger charge is 2.27. The summed E-state index contributed by atoms with van der Waals surface area (Å²) in [6, 6.07) is 0. The summed E-state index contributed by atoms with van der Waals surface area (Å²) in [6.07, 6.45) is 17.8. The van der Waals surface area contributed by atoms with Crippen LogP contribution in [-0.4, -0.2) is 0 Å². The van der Waals surface area contributed by atoms with Crippen LogP contribution in [0.15, 0.2) is 0 Å². The maximum atomic E-state index is 2.34. The van der Waals surface area contributed by atoms with Crippen LogP contribution in [0.5, 0.6) is 0 Å². The minimum Gasteiger partial charge on any atom is -0.0654 e. The van der Waals surface area contributed by atoms with Gasteiger partial charge in [-0.25, -0.2) is 0 Å². The standard InChI is InChI=1S/C18H36/c1-4-7-10-16-13-17(11-8-5-2)15-18(14-16)12-9-6-3/h16-18H,4-15H2,1-3H3. The van der Waals surface area contributed by atoms with E-state index in [4.69, 9.17) is 0 Å². The van der Waals surface area contributed by atoms with Crippen LogP contribution in [0, 0.1) is 17.8 Å². The SMILES string of the molecule is CCCCC1CC(CCCC)CC(CCCC)C1. The fraction of sp³-hybridized carbons (Fsp3) is 1.00. The molecular formula is C18H36. The number of hydrogen-bond donors (Lipinski definition) is 0. The van der Waals surface area contributed by atoms with Crippen molar-refractivity contribution in [2.45, 2.75) is 97.8 Å². The van der Waals surface area contributed by atoms with Gasteiger partial charge in [0.2, 0.25) is 0 Å². The van der Waals surface area contributed by atoms with E-state index in [1.165, 1.54) is 57.8 Å². The minimum atomic E-state index is 1.07. The first kappa shape index (κ1) is 16.1. The Morgan fingerprint density at radius 2 is 0.833 bits per heavy atom. The highest BCUT2D eigenvalue weighted by molar-refractivity contribution is 4.79. The van der Waals surface area contributed by atoms with Gasteiger partial charge in [-0.15, -0.1) is 0 Å². The maximum absolute atomic E-state index is 2.34. The summed E-state index contributed by atoms with van der Waals surface area (Å²) in [5.41, 5.74) is 0. The normalized spacial score (nSPS) is 28.5. The Hall–Kier alpha value is 0. The lowest BCUT2D eigenvalue weighted by molar-refractivity contribution is 0.165. The van der Waals surface area contributed by atoms with Crippen molar-refractivity contribution < 1.29 is 0 Å². The Morgan fingerprint density at radius 3 is 1.06 bits per heavy atom. The van der Waals surface area contributed by atoms with Crippen molar-refractivity contribution in [1.82, 2.24) is 0 Å². The van der Waals surface area contributed by atoms with E-state index in [1.54, 1.807) is 19.3 Å². The van der Waals surface area contributed by atoms with Gasteiger partial charge in [-0.05, 0) is 37.0 Å². The average molecular weight is 252 g/mol. The molecule has 0 unspecified atom stereocenters. The van der Waals surface area contributed by atoms with E-state index in [0.29, 0.717) is 0 Å². The van der Waals surface area contributed by atoms with E-state index >= 15 is 0 Å². The lowest BCUT2D eigenvalue weighted by atomic mass is 9.71. The third-order valence-corrected chi connectivity index (χ3v) is 4.90. The van der Waals surface area contributed by atoms with E-state index in [0.717, 1.165) is 17.8 Å². The molecule has 1 aliphatic carbocycles. The molecule has 0 atom stereocenters. The molecule has 18 heavy (non-hydrogen) atoms. The third kappa shape index (κ3) is 6.25. The predicted molar refractivity (Wildman–Crippen MR) is 82.9 cm³/mol. The van der Waals surface area contributed by atoms with Crippen LogP contribution in [0.1, 0.15) is 97.8 Å². The highest BCUT2D eigenvalue weighted by Crippen LogP contribution is 2.40. The van der Waals surface area contributed by atoms with Gasteiger partial charge in [0.05, 0.1) is 0 Å². The van der Waals surface area contributed by atoms with Gasteiger partial charge in [-0.1, -0.05) is 78.6 Å². The summed E-state index contributed by atoms with van der Waals surface area (Å²) in [4.78, 5) is 0. The van der Waals surface area contributed by atoms with Gasteiger partial charge >= 0.3 is 0 Å². The molecule has 0 nitrogen and oxygen atoms in total. The molecule has 0 aromatic heterocycles. The summed E-state index contributed by atoms with van der Waals surface area (Å²) in [5, 5.41) is 0. The first-order chi connectivity index (χ1) is 8.80. The van der Waals surface area contributed by atoms with E-state index in [-0.39, 0.29) is 0 Å². The zero-order valence-electron chi connectivity index (χ0n) is 13.2. The van der Waals surface area contributed by atoms with Crippen molar-refractivity contribution in [3.63, 3.8) is 0 Å². The fourth-order valence-electron chi connectivity index (χ4n) is 3.89. The summed E-state index contributed by atoms with van der Waals surface area (Å²) < 4.78 is 0. The molecular weight excluding hydrogens is 216 g/mol. The molecule has 0 amide bonds. The predicted octanol–water partition coefficient (Wildman–Crippen LogP) is 6.59. The van der Waals surface area contributed by atoms with Crippen LogP contribution in [0.2, 0.25) is 0 Å². The molecule has 0 saturated heterocycles. The molecule has 1 aliphatic rings. The highest BCUT2D eigenvalue weighted by atomic mass is 14.3. The van der Waals surface area contributed by atoms with Gasteiger partial charge in [0.1, 0.15) is 0 Å². The molecule has 0 spiro atoms. The Labute approximate surface area is 116 Å². The number of unbranched alkanes of at least 4 members (excludes halogenated alkanes) is 3. The molecule has 1 saturated carbocycles. The first-order valence-corrected chi connectivity index (χ1v) is 8.80. The van der Waals surface area contributed by atoms with Gasteiger partial charge in [0.15, 0.2) is 0 Å². The van der Waals surface area contributed by atoms with E-state index in [9.17, 15) is 0 Å². The lowest BCUT2D eigenvalue weighted by Gasteiger charge is -2.35. The monoisotopic (exact) mass is 252 g/mol. The minimum absolute atomic E-state index is 1.07. The van der Waals surface area contributed by atoms with Crippen LogP contribution < -0.4 is 0 Å². The van der Waals surface area contributed by atoms with Crippen molar-refractivity contribution >= 4 is 0 Å². The van der Waals surface area contributed by atoms with Gasteiger partial charge in [-0.3, -0.25) is 0 Å². The second kappa shape index (κ2) is 9.87. The summed E-state index contributed by atoms with van der Waals surface area (Å²) in [7, 11) is 0. The molecule has 0 aromatic carbocycles. The smallest absolute Gasteiger partial charge is 0.0409 e. The van der Waals surface area contributed by atoms with E-state index < -0.39 is 0 Å². The second-order valence-corrected chi connectivity index (χ2v) is 6.73. The fourth-order valence-corrected chi connectivity index (χ4v) is 3.89. The topological polar surface area (TPSA) is 0 Å². The van der Waals surface area contributed by atoms with Gasteiger partial charge < -0.3 is 0 Å². The van der Waals surface area contributed by atoms with Gasteiger partial charge in [0.25, 0.3) is 0 Å². The Bertz CT molecular complexity index is 145. The summed E-state index contributed by atoms with van der Waals surface area (Å²) >= 11 is 0. The maximum Gasteiger partial charge on any atom is -0.0409 e. The summed E-state index contributed by atoms with van der Waals surface area (Å²) in [5.74, 6) is 3.22. The van der Waals surface area contributed by atoms with E-state index in [1.807, 2.05) is 0 Å². The van der Waals surface area contributed by atoms with Gasteiger partial charge in [0, 0.05) is 0 Å². The molecule has 0 radical (unpaired) electrons. The van der Waals surface area contributed by atoms with E-state index in [2.05, 4.69) is 20.8 Å². The zero-order valence-corrected chi connectivity index (χ0v) is 13.2. The van der Waals surface area contributed by atoms with Crippen LogP contribution in [0.25, 0.3) is 0 Å². The van der Waals surface area contributed by atoms with Gasteiger partial charge in [-0.2, -0.15) is 0 Å².